The third-order valence-electron chi connectivity index (χ3n) is 4.73. The largest absolute Gasteiger partial charge is 0.496 e. The molecule has 124 valence electrons. The first-order valence-electron chi connectivity index (χ1n) is 8.37. The van der Waals surface area contributed by atoms with Crippen LogP contribution in [0.5, 0.6) is 5.75 Å². The third kappa shape index (κ3) is 2.55. The predicted octanol–water partition coefficient (Wildman–Crippen LogP) is 3.34. The number of aromatic nitrogens is 1. The second-order valence-electron chi connectivity index (χ2n) is 6.25. The maximum absolute atomic E-state index is 12.8. The van der Waals surface area contributed by atoms with Gasteiger partial charge in [0, 0.05) is 12.7 Å². The predicted molar refractivity (Wildman–Crippen MR) is 93.5 cm³/mol. The number of pyridine rings is 1. The van der Waals surface area contributed by atoms with Crippen LogP contribution in [0.25, 0.3) is 22.1 Å². The highest BCUT2D eigenvalue weighted by atomic mass is 16.5. The van der Waals surface area contributed by atoms with Crippen LogP contribution in [-0.2, 0) is 6.54 Å². The lowest BCUT2D eigenvalue weighted by atomic mass is 10.1. The fraction of sp³-hybridized carbons (Fsp3) is 0.368. The summed E-state index contributed by atoms with van der Waals surface area (Å²) in [5, 5.41) is 1.10. The molecule has 5 nitrogen and oxygen atoms in total. The summed E-state index contributed by atoms with van der Waals surface area (Å²) >= 11 is 0. The van der Waals surface area contributed by atoms with Gasteiger partial charge in [0.05, 0.1) is 23.4 Å². The van der Waals surface area contributed by atoms with Crippen LogP contribution in [-0.4, -0.2) is 30.1 Å². The van der Waals surface area contributed by atoms with Crippen LogP contribution >= 0.6 is 0 Å². The van der Waals surface area contributed by atoms with Crippen molar-refractivity contribution < 1.29 is 9.15 Å². The molecule has 0 saturated carbocycles. The van der Waals surface area contributed by atoms with E-state index in [1.807, 2.05) is 6.07 Å². The summed E-state index contributed by atoms with van der Waals surface area (Å²) in [6, 6.07) is 7.15. The van der Waals surface area contributed by atoms with Gasteiger partial charge in [0.25, 0.3) is 0 Å². The Balaban J connectivity index is 1.93. The molecular formula is C19H20N2O3. The molecule has 4 rings (SSSR count). The number of likely N-dealkylation sites (tertiary alicyclic amines) is 1. The first-order valence-corrected chi connectivity index (χ1v) is 8.37. The Morgan fingerprint density at radius 1 is 1.17 bits per heavy atom. The van der Waals surface area contributed by atoms with E-state index in [0.717, 1.165) is 30.9 Å². The molecule has 0 amide bonds. The molecule has 0 unspecified atom stereocenters. The van der Waals surface area contributed by atoms with Crippen LogP contribution < -0.4 is 10.2 Å². The highest BCUT2D eigenvalue weighted by molar-refractivity contribution is 5.90. The van der Waals surface area contributed by atoms with Crippen molar-refractivity contribution in [1.82, 2.24) is 9.88 Å². The zero-order chi connectivity index (χ0) is 16.5. The van der Waals surface area contributed by atoms with Gasteiger partial charge in [-0.1, -0.05) is 6.42 Å². The number of fused-ring (bicyclic) bond motifs is 2. The monoisotopic (exact) mass is 324 g/mol. The Morgan fingerprint density at radius 2 is 2.00 bits per heavy atom. The van der Waals surface area contributed by atoms with Gasteiger partial charge in [-0.3, -0.25) is 9.69 Å². The van der Waals surface area contributed by atoms with E-state index in [1.54, 1.807) is 31.5 Å². The Hall–Kier alpha value is -2.40. The molecule has 0 radical (unpaired) electrons. The van der Waals surface area contributed by atoms with Crippen LogP contribution in [0, 0.1) is 0 Å². The number of nitrogens with zero attached hydrogens (tertiary/aromatic N) is 2. The van der Waals surface area contributed by atoms with Crippen molar-refractivity contribution in [1.29, 1.82) is 0 Å². The number of methoxy groups -OCH3 is 1. The lowest BCUT2D eigenvalue weighted by Crippen LogP contribution is -2.29. The molecule has 0 bridgehead atoms. The summed E-state index contributed by atoms with van der Waals surface area (Å²) in [7, 11) is 1.65. The topological polar surface area (TPSA) is 55.6 Å². The summed E-state index contributed by atoms with van der Waals surface area (Å²) in [5.41, 5.74) is 1.86. The normalized spacial score (nSPS) is 15.9. The summed E-state index contributed by atoms with van der Waals surface area (Å²) in [5.74, 6) is 0.756. The first-order chi connectivity index (χ1) is 11.8. The summed E-state index contributed by atoms with van der Waals surface area (Å²) < 4.78 is 11.6. The molecule has 5 heteroatoms. The van der Waals surface area contributed by atoms with E-state index in [2.05, 4.69) is 9.88 Å². The number of rotatable bonds is 3. The second-order valence-corrected chi connectivity index (χ2v) is 6.25. The Labute approximate surface area is 139 Å². The minimum Gasteiger partial charge on any atom is -0.496 e. The zero-order valence-electron chi connectivity index (χ0n) is 13.7. The van der Waals surface area contributed by atoms with E-state index < -0.39 is 0 Å². The molecule has 0 spiro atoms. The zero-order valence-corrected chi connectivity index (χ0v) is 13.7. The van der Waals surface area contributed by atoms with Crippen LogP contribution in [0.15, 0.2) is 39.7 Å². The van der Waals surface area contributed by atoms with Crippen LogP contribution in [0.2, 0.25) is 0 Å². The maximum atomic E-state index is 12.8. The summed E-state index contributed by atoms with van der Waals surface area (Å²) in [4.78, 5) is 19.4. The quantitative estimate of drug-likeness (QED) is 0.692. The Kier molecular flexibility index (Phi) is 3.94. The third-order valence-corrected chi connectivity index (χ3v) is 4.73. The summed E-state index contributed by atoms with van der Waals surface area (Å²) in [6.45, 7) is 2.85. The maximum Gasteiger partial charge on any atom is 0.230 e. The molecule has 24 heavy (non-hydrogen) atoms. The van der Waals surface area contributed by atoms with Gasteiger partial charge in [0.1, 0.15) is 11.3 Å². The van der Waals surface area contributed by atoms with E-state index in [1.165, 1.54) is 19.3 Å². The molecule has 0 aliphatic carbocycles. The average molecular weight is 324 g/mol. The molecule has 1 fully saturated rings. The van der Waals surface area contributed by atoms with Gasteiger partial charge in [-0.2, -0.15) is 0 Å². The van der Waals surface area contributed by atoms with Crippen LogP contribution in [0.1, 0.15) is 24.8 Å². The minimum absolute atomic E-state index is 0.0399. The van der Waals surface area contributed by atoms with Gasteiger partial charge in [-0.15, -0.1) is 0 Å². The smallest absolute Gasteiger partial charge is 0.230 e. The van der Waals surface area contributed by atoms with Gasteiger partial charge in [0.15, 0.2) is 0 Å². The minimum atomic E-state index is -0.0399. The van der Waals surface area contributed by atoms with Crippen molar-refractivity contribution in [3.63, 3.8) is 0 Å². The van der Waals surface area contributed by atoms with Gasteiger partial charge in [0.2, 0.25) is 11.1 Å². The molecule has 1 saturated heterocycles. The van der Waals surface area contributed by atoms with Crippen molar-refractivity contribution in [3.8, 4) is 5.75 Å². The van der Waals surface area contributed by atoms with Crippen LogP contribution in [0.3, 0.4) is 0 Å². The van der Waals surface area contributed by atoms with Crippen molar-refractivity contribution in [2.24, 2.45) is 0 Å². The lowest BCUT2D eigenvalue weighted by molar-refractivity contribution is 0.218. The van der Waals surface area contributed by atoms with E-state index in [4.69, 9.17) is 9.15 Å². The molecule has 3 heterocycles. The van der Waals surface area contributed by atoms with Gasteiger partial charge >= 0.3 is 0 Å². The van der Waals surface area contributed by atoms with Gasteiger partial charge in [-0.25, -0.2) is 4.98 Å². The number of benzene rings is 1. The van der Waals surface area contributed by atoms with Crippen LogP contribution in [0.4, 0.5) is 0 Å². The second kappa shape index (κ2) is 6.24. The Bertz CT molecular complexity index is 942. The lowest BCUT2D eigenvalue weighted by Gasteiger charge is -2.27. The number of piperidine rings is 1. The van der Waals surface area contributed by atoms with Crippen molar-refractivity contribution in [3.05, 3.63) is 46.2 Å². The molecule has 3 aromatic rings. The summed E-state index contributed by atoms with van der Waals surface area (Å²) in [6.07, 6.45) is 5.34. The van der Waals surface area contributed by atoms with Crippen molar-refractivity contribution in [2.75, 3.05) is 20.2 Å². The average Bonchev–Trinajstić information content (AvgIpc) is 2.63. The Morgan fingerprint density at radius 3 is 2.79 bits per heavy atom. The molecule has 0 N–H and O–H groups in total. The highest BCUT2D eigenvalue weighted by Crippen LogP contribution is 2.30. The number of ether oxygens (including phenoxy) is 1. The standard InChI is InChI=1S/C19H20N2O3/c1-23-16-8-7-13-17(22)14-6-5-9-20-19(14)24-18(13)15(16)12-21-10-3-2-4-11-21/h5-9H,2-4,10-12H2,1H3. The van der Waals surface area contributed by atoms with Crippen molar-refractivity contribution >= 4 is 22.1 Å². The number of hydrogen-bond donors (Lipinski definition) is 0. The van der Waals surface area contributed by atoms with E-state index in [9.17, 15) is 4.79 Å². The first kappa shape index (κ1) is 15.1. The molecule has 1 aromatic carbocycles. The fourth-order valence-electron chi connectivity index (χ4n) is 3.47. The molecule has 1 aliphatic rings. The van der Waals surface area contributed by atoms with E-state index >= 15 is 0 Å². The molecule has 0 atom stereocenters. The molecule has 2 aromatic heterocycles. The van der Waals surface area contributed by atoms with E-state index in [-0.39, 0.29) is 5.43 Å². The number of hydrogen-bond acceptors (Lipinski definition) is 5. The van der Waals surface area contributed by atoms with Gasteiger partial charge in [-0.05, 0) is 50.2 Å². The van der Waals surface area contributed by atoms with Crippen molar-refractivity contribution in [2.45, 2.75) is 25.8 Å². The highest BCUT2D eigenvalue weighted by Gasteiger charge is 2.19. The molecular weight excluding hydrogens is 304 g/mol. The fourth-order valence-corrected chi connectivity index (χ4v) is 3.47. The SMILES string of the molecule is COc1ccc2c(=O)c3cccnc3oc2c1CN1CCCCC1. The van der Waals surface area contributed by atoms with Gasteiger partial charge < -0.3 is 9.15 Å². The molecule has 1 aliphatic heterocycles. The van der Waals surface area contributed by atoms with E-state index in [0.29, 0.717) is 22.1 Å².